The van der Waals surface area contributed by atoms with Crippen molar-refractivity contribution in [3.05, 3.63) is 60.5 Å². The van der Waals surface area contributed by atoms with Gasteiger partial charge in [-0.1, -0.05) is 30.3 Å². The third-order valence-corrected chi connectivity index (χ3v) is 4.50. The quantitative estimate of drug-likeness (QED) is 0.824. The normalized spacial score (nSPS) is 13.9. The molecule has 0 saturated heterocycles. The average Bonchev–Trinajstić information content (AvgIpc) is 2.94. The lowest BCUT2D eigenvalue weighted by Gasteiger charge is -2.21. The van der Waals surface area contributed by atoms with Crippen molar-refractivity contribution in [3.8, 4) is 22.9 Å². The summed E-state index contributed by atoms with van der Waals surface area (Å²) in [5.41, 5.74) is 3.43. The van der Waals surface area contributed by atoms with Crippen molar-refractivity contribution in [1.82, 2.24) is 5.32 Å². The molecule has 150 valence electrons. The maximum atomic E-state index is 11.9. The van der Waals surface area contributed by atoms with E-state index in [2.05, 4.69) is 24.0 Å². The first-order valence-electron chi connectivity index (χ1n) is 9.39. The van der Waals surface area contributed by atoms with Gasteiger partial charge in [-0.3, -0.25) is 0 Å². The highest BCUT2D eigenvalue weighted by Crippen LogP contribution is 2.40. The van der Waals surface area contributed by atoms with Gasteiger partial charge < -0.3 is 19.7 Å². The van der Waals surface area contributed by atoms with Crippen LogP contribution < -0.4 is 15.0 Å². The molecule has 0 radical (unpaired) electrons. The Morgan fingerprint density at radius 2 is 1.90 bits per heavy atom. The van der Waals surface area contributed by atoms with E-state index in [4.69, 9.17) is 9.47 Å². The summed E-state index contributed by atoms with van der Waals surface area (Å²) in [6, 6.07) is 15.4. The molecule has 0 bridgehead atoms. The monoisotopic (exact) mass is 391 g/mol. The number of hydrogen-bond donors (Lipinski definition) is 1. The molecule has 0 unspecified atom stereocenters. The minimum atomic E-state index is -0.660. The summed E-state index contributed by atoms with van der Waals surface area (Å²) in [6.07, 6.45) is -0.192. The second-order valence-electron chi connectivity index (χ2n) is 7.97. The lowest BCUT2D eigenvalue weighted by Crippen LogP contribution is -2.39. The number of carbonyl (C=O) groups excluding carboxylic acids is 1. The fourth-order valence-corrected chi connectivity index (χ4v) is 3.02. The Morgan fingerprint density at radius 3 is 2.52 bits per heavy atom. The van der Waals surface area contributed by atoms with E-state index in [1.54, 1.807) is 20.8 Å². The Hall–Kier alpha value is -3.46. The number of alkyl carbamates (subject to hydrolysis) is 1. The van der Waals surface area contributed by atoms with Crippen molar-refractivity contribution < 1.29 is 14.3 Å². The highest BCUT2D eigenvalue weighted by molar-refractivity contribution is 5.75. The Kier molecular flexibility index (Phi) is 5.51. The molecular weight excluding hydrogens is 366 g/mol. The molecule has 6 nitrogen and oxygen atoms in total. The van der Waals surface area contributed by atoms with E-state index in [-0.39, 0.29) is 0 Å². The standard InChI is InChI=1S/C23H25N3O3/c1-15-26(5)20-13-18(10-11-21(20)28-15)17-8-6-16(7-9-17)12-19(14-24)25-22(27)29-23(2,3)4/h6-11,13,19H,1,12H2,2-5H3,(H,25,27)/t19-/m0/s1. The largest absolute Gasteiger partial charge is 0.444 e. The number of rotatable bonds is 4. The summed E-state index contributed by atoms with van der Waals surface area (Å²) in [5, 5.41) is 12.0. The summed E-state index contributed by atoms with van der Waals surface area (Å²) in [4.78, 5) is 13.8. The van der Waals surface area contributed by atoms with Gasteiger partial charge in [0, 0.05) is 13.5 Å². The molecule has 3 rings (SSSR count). The molecule has 0 saturated carbocycles. The van der Waals surface area contributed by atoms with Gasteiger partial charge in [-0.15, -0.1) is 0 Å². The van der Waals surface area contributed by atoms with Crippen LogP contribution in [0, 0.1) is 11.3 Å². The molecule has 1 atom stereocenters. The molecule has 1 amide bonds. The van der Waals surface area contributed by atoms with Gasteiger partial charge in [-0.05, 0) is 56.2 Å². The van der Waals surface area contributed by atoms with Gasteiger partial charge in [-0.25, -0.2) is 4.79 Å². The zero-order valence-electron chi connectivity index (χ0n) is 17.2. The zero-order chi connectivity index (χ0) is 21.2. The van der Waals surface area contributed by atoms with Crippen molar-refractivity contribution in [2.24, 2.45) is 0 Å². The Morgan fingerprint density at radius 1 is 1.24 bits per heavy atom. The number of nitrogens with one attached hydrogen (secondary N) is 1. The van der Waals surface area contributed by atoms with Gasteiger partial charge >= 0.3 is 6.09 Å². The molecule has 2 aromatic carbocycles. The third kappa shape index (κ3) is 4.88. The lowest BCUT2D eigenvalue weighted by molar-refractivity contribution is 0.0516. The van der Waals surface area contributed by atoms with Crippen molar-refractivity contribution in [3.63, 3.8) is 0 Å². The minimum Gasteiger partial charge on any atom is -0.444 e. The molecular formula is C23H25N3O3. The predicted molar refractivity (Wildman–Crippen MR) is 113 cm³/mol. The third-order valence-electron chi connectivity index (χ3n) is 4.50. The summed E-state index contributed by atoms with van der Waals surface area (Å²) in [7, 11) is 1.92. The van der Waals surface area contributed by atoms with Crippen LogP contribution in [0.5, 0.6) is 5.75 Å². The number of benzene rings is 2. The van der Waals surface area contributed by atoms with Crippen LogP contribution in [0.2, 0.25) is 0 Å². The van der Waals surface area contributed by atoms with Gasteiger partial charge in [-0.2, -0.15) is 5.26 Å². The van der Waals surface area contributed by atoms with E-state index in [0.717, 1.165) is 28.1 Å². The first kappa shape index (κ1) is 20.3. The van der Waals surface area contributed by atoms with Crippen LogP contribution in [0.25, 0.3) is 11.1 Å². The number of ether oxygens (including phenoxy) is 2. The minimum absolute atomic E-state index is 0.399. The van der Waals surface area contributed by atoms with Crippen LogP contribution in [0.15, 0.2) is 54.9 Å². The van der Waals surface area contributed by atoms with Gasteiger partial charge in [0.15, 0.2) is 11.6 Å². The molecule has 29 heavy (non-hydrogen) atoms. The molecule has 2 aromatic rings. The van der Waals surface area contributed by atoms with E-state index in [1.807, 2.05) is 48.3 Å². The first-order valence-corrected chi connectivity index (χ1v) is 9.39. The highest BCUT2D eigenvalue weighted by atomic mass is 16.6. The number of anilines is 1. The number of fused-ring (bicyclic) bond motifs is 1. The van der Waals surface area contributed by atoms with Gasteiger partial charge in [0.2, 0.25) is 0 Å². The second kappa shape index (κ2) is 7.88. The fraction of sp³-hybridized carbons (Fsp3) is 0.304. The number of hydrogen-bond acceptors (Lipinski definition) is 5. The van der Waals surface area contributed by atoms with Crippen LogP contribution in [0.4, 0.5) is 10.5 Å². The SMILES string of the molecule is C=C1Oc2ccc(-c3ccc(C[C@@H](C#N)NC(=O)OC(C)(C)C)cc3)cc2N1C. The van der Waals surface area contributed by atoms with Crippen LogP contribution in [0.1, 0.15) is 26.3 Å². The van der Waals surface area contributed by atoms with Gasteiger partial charge in [0.25, 0.3) is 0 Å². The molecule has 0 fully saturated rings. The molecule has 1 aliphatic rings. The van der Waals surface area contributed by atoms with Crippen LogP contribution in [-0.2, 0) is 11.2 Å². The summed E-state index contributed by atoms with van der Waals surface area (Å²) in [6.45, 7) is 9.23. The van der Waals surface area contributed by atoms with E-state index in [0.29, 0.717) is 12.3 Å². The zero-order valence-corrected chi connectivity index (χ0v) is 17.2. The average molecular weight is 391 g/mol. The second-order valence-corrected chi connectivity index (χ2v) is 7.97. The first-order chi connectivity index (χ1) is 13.7. The van der Waals surface area contributed by atoms with Gasteiger partial charge in [0.1, 0.15) is 11.6 Å². The lowest BCUT2D eigenvalue weighted by atomic mass is 10.0. The van der Waals surface area contributed by atoms with Crippen LogP contribution in [-0.4, -0.2) is 24.8 Å². The summed E-state index contributed by atoms with van der Waals surface area (Å²) < 4.78 is 10.8. The van der Waals surface area contributed by atoms with Crippen LogP contribution in [0.3, 0.4) is 0 Å². The fourth-order valence-electron chi connectivity index (χ4n) is 3.02. The smallest absolute Gasteiger partial charge is 0.408 e. The van der Waals surface area contributed by atoms with Crippen LogP contribution >= 0.6 is 0 Å². The Labute approximate surface area is 171 Å². The molecule has 6 heteroatoms. The van der Waals surface area contributed by atoms with Crippen molar-refractivity contribution in [2.75, 3.05) is 11.9 Å². The topological polar surface area (TPSA) is 74.6 Å². The predicted octanol–water partition coefficient (Wildman–Crippen LogP) is 4.61. The molecule has 1 aliphatic heterocycles. The summed E-state index contributed by atoms with van der Waals surface area (Å²) in [5.74, 6) is 1.40. The number of amides is 1. The van der Waals surface area contributed by atoms with E-state index >= 15 is 0 Å². The van der Waals surface area contributed by atoms with Gasteiger partial charge in [0.05, 0.1) is 11.8 Å². The van der Waals surface area contributed by atoms with E-state index in [9.17, 15) is 10.1 Å². The molecule has 0 aliphatic carbocycles. The highest BCUT2D eigenvalue weighted by Gasteiger charge is 2.22. The maximum Gasteiger partial charge on any atom is 0.408 e. The van der Waals surface area contributed by atoms with E-state index in [1.165, 1.54) is 0 Å². The number of carbonyl (C=O) groups is 1. The Balaban J connectivity index is 1.68. The Bertz CT molecular complexity index is 968. The molecule has 1 N–H and O–H groups in total. The molecule has 0 spiro atoms. The molecule has 0 aromatic heterocycles. The summed E-state index contributed by atoms with van der Waals surface area (Å²) >= 11 is 0. The molecule has 1 heterocycles. The number of nitrogens with zero attached hydrogens (tertiary/aromatic N) is 2. The van der Waals surface area contributed by atoms with Crippen molar-refractivity contribution >= 4 is 11.8 Å². The van der Waals surface area contributed by atoms with Crippen molar-refractivity contribution in [1.29, 1.82) is 5.26 Å². The van der Waals surface area contributed by atoms with Crippen molar-refractivity contribution in [2.45, 2.75) is 38.8 Å². The van der Waals surface area contributed by atoms with E-state index < -0.39 is 17.7 Å². The number of nitriles is 1. The maximum absolute atomic E-state index is 11.9.